The molecule has 0 unspecified atom stereocenters. The predicted molar refractivity (Wildman–Crippen MR) is 47.8 cm³/mol. The normalized spacial score (nSPS) is 9.62. The minimum absolute atomic E-state index is 0.380. The molecule has 70 valence electrons. The van der Waals surface area contributed by atoms with Crippen molar-refractivity contribution < 1.29 is 14.3 Å². The molecule has 0 radical (unpaired) electrons. The molecule has 0 atom stereocenters. The Morgan fingerprint density at radius 1 is 1.77 bits per heavy atom. The first-order valence-corrected chi connectivity index (χ1v) is 4.56. The third kappa shape index (κ3) is 2.62. The van der Waals surface area contributed by atoms with Crippen LogP contribution in [0.25, 0.3) is 0 Å². The van der Waals surface area contributed by atoms with Gasteiger partial charge in [0, 0.05) is 12.8 Å². The number of aldehydes is 1. The molecule has 0 aliphatic carbocycles. The maximum absolute atomic E-state index is 11.0. The Morgan fingerprint density at radius 2 is 2.54 bits per heavy atom. The lowest BCUT2D eigenvalue weighted by atomic mass is 10.3. The smallest absolute Gasteiger partial charge is 0.349 e. The van der Waals surface area contributed by atoms with Crippen LogP contribution in [0.3, 0.4) is 0 Å². The molecule has 4 nitrogen and oxygen atoms in total. The number of aromatic nitrogens is 1. The highest BCUT2D eigenvalue weighted by Gasteiger charge is 2.09. The summed E-state index contributed by atoms with van der Waals surface area (Å²) in [6.07, 6.45) is 3.33. The van der Waals surface area contributed by atoms with Crippen LogP contribution in [-0.2, 0) is 16.0 Å². The van der Waals surface area contributed by atoms with E-state index in [1.165, 1.54) is 24.6 Å². The van der Waals surface area contributed by atoms with Crippen LogP contribution < -0.4 is 0 Å². The van der Waals surface area contributed by atoms with Crippen molar-refractivity contribution in [1.82, 2.24) is 4.98 Å². The van der Waals surface area contributed by atoms with E-state index in [4.69, 9.17) is 0 Å². The van der Waals surface area contributed by atoms with Crippen molar-refractivity contribution in [2.75, 3.05) is 7.11 Å². The van der Waals surface area contributed by atoms with E-state index in [1.807, 2.05) is 0 Å². The van der Waals surface area contributed by atoms with Crippen LogP contribution in [0, 0.1) is 0 Å². The molecule has 0 amide bonds. The van der Waals surface area contributed by atoms with Gasteiger partial charge in [-0.2, -0.15) is 0 Å². The van der Waals surface area contributed by atoms with E-state index in [-0.39, 0.29) is 5.97 Å². The number of rotatable bonds is 4. The Labute approximate surface area is 79.6 Å². The number of ether oxygens (including phenoxy) is 1. The summed E-state index contributed by atoms with van der Waals surface area (Å²) in [5.74, 6) is -0.380. The van der Waals surface area contributed by atoms with Gasteiger partial charge < -0.3 is 9.53 Å². The van der Waals surface area contributed by atoms with Gasteiger partial charge in [-0.05, 0) is 0 Å². The summed E-state index contributed by atoms with van der Waals surface area (Å²) in [7, 11) is 1.33. The highest BCUT2D eigenvalue weighted by atomic mass is 32.1. The van der Waals surface area contributed by atoms with E-state index in [9.17, 15) is 9.59 Å². The third-order valence-electron chi connectivity index (χ3n) is 1.42. The van der Waals surface area contributed by atoms with Gasteiger partial charge in [0.1, 0.15) is 11.2 Å². The number of nitrogens with zero attached hydrogens (tertiary/aromatic N) is 1. The Kier molecular flexibility index (Phi) is 3.57. The summed E-state index contributed by atoms with van der Waals surface area (Å²) in [6.45, 7) is 0. The van der Waals surface area contributed by atoms with E-state index in [2.05, 4.69) is 9.72 Å². The molecule has 1 rings (SSSR count). The largest absolute Gasteiger partial charge is 0.465 e. The number of aryl methyl sites for hydroxylation is 1. The van der Waals surface area contributed by atoms with Gasteiger partial charge >= 0.3 is 5.97 Å². The first-order chi connectivity index (χ1) is 6.27. The number of carbonyl (C=O) groups excluding carboxylic acids is 2. The average Bonchev–Trinajstić information content (AvgIpc) is 2.62. The SMILES string of the molecule is COC(=O)c1cnc(CCC=O)s1. The van der Waals surface area contributed by atoms with Crippen molar-refractivity contribution in [3.05, 3.63) is 16.1 Å². The molecule has 0 aromatic carbocycles. The Bertz CT molecular complexity index is 308. The summed E-state index contributed by atoms with van der Waals surface area (Å²) >= 11 is 1.26. The molecule has 1 heterocycles. The van der Waals surface area contributed by atoms with Gasteiger partial charge in [0.05, 0.1) is 18.3 Å². The molecule has 1 aromatic heterocycles. The molecule has 0 N–H and O–H groups in total. The number of hydrogen-bond donors (Lipinski definition) is 0. The van der Waals surface area contributed by atoms with Gasteiger partial charge in [-0.15, -0.1) is 11.3 Å². The maximum atomic E-state index is 11.0. The summed E-state index contributed by atoms with van der Waals surface area (Å²) in [5, 5.41) is 0.785. The highest BCUT2D eigenvalue weighted by Crippen LogP contribution is 2.14. The fraction of sp³-hybridized carbons (Fsp3) is 0.375. The Balaban J connectivity index is 2.63. The number of thiazole rings is 1. The van der Waals surface area contributed by atoms with Gasteiger partial charge in [0.2, 0.25) is 0 Å². The average molecular weight is 199 g/mol. The molecule has 0 bridgehead atoms. The van der Waals surface area contributed by atoms with Crippen LogP contribution in [0.5, 0.6) is 0 Å². The molecule has 0 aliphatic heterocycles. The van der Waals surface area contributed by atoms with Gasteiger partial charge in [0.25, 0.3) is 0 Å². The number of esters is 1. The van der Waals surface area contributed by atoms with Crippen LogP contribution in [0.2, 0.25) is 0 Å². The Hall–Kier alpha value is -1.23. The topological polar surface area (TPSA) is 56.3 Å². The second-order valence-electron chi connectivity index (χ2n) is 2.32. The lowest BCUT2D eigenvalue weighted by molar-refractivity contribution is -0.107. The molecular weight excluding hydrogens is 190 g/mol. The molecule has 0 fully saturated rings. The lowest BCUT2D eigenvalue weighted by Crippen LogP contribution is -1.96. The van der Waals surface area contributed by atoms with Crippen molar-refractivity contribution in [1.29, 1.82) is 0 Å². The van der Waals surface area contributed by atoms with Crippen molar-refractivity contribution in [2.45, 2.75) is 12.8 Å². The second kappa shape index (κ2) is 4.71. The zero-order valence-electron chi connectivity index (χ0n) is 7.15. The molecule has 0 saturated heterocycles. The standard InChI is InChI=1S/C8H9NO3S/c1-12-8(11)6-5-9-7(13-6)3-2-4-10/h4-5H,2-3H2,1H3. The summed E-state index contributed by atoms with van der Waals surface area (Å²) in [6, 6.07) is 0. The fourth-order valence-corrected chi connectivity index (χ4v) is 1.65. The zero-order chi connectivity index (χ0) is 9.68. The van der Waals surface area contributed by atoms with Crippen molar-refractivity contribution in [3.8, 4) is 0 Å². The minimum Gasteiger partial charge on any atom is -0.465 e. The first-order valence-electron chi connectivity index (χ1n) is 3.74. The summed E-state index contributed by atoms with van der Waals surface area (Å²) < 4.78 is 4.52. The lowest BCUT2D eigenvalue weighted by Gasteiger charge is -1.90. The quantitative estimate of drug-likeness (QED) is 0.537. The van der Waals surface area contributed by atoms with Gasteiger partial charge in [0.15, 0.2) is 0 Å². The zero-order valence-corrected chi connectivity index (χ0v) is 7.97. The van der Waals surface area contributed by atoms with Crippen LogP contribution in [0.1, 0.15) is 21.1 Å². The maximum Gasteiger partial charge on any atom is 0.349 e. The monoisotopic (exact) mass is 199 g/mol. The fourth-order valence-electron chi connectivity index (χ4n) is 0.803. The predicted octanol–water partition coefficient (Wildman–Crippen LogP) is 1.06. The van der Waals surface area contributed by atoms with Gasteiger partial charge in [-0.1, -0.05) is 0 Å². The van der Waals surface area contributed by atoms with Crippen molar-refractivity contribution in [3.63, 3.8) is 0 Å². The summed E-state index contributed by atoms with van der Waals surface area (Å²) in [4.78, 5) is 25.5. The number of hydrogen-bond acceptors (Lipinski definition) is 5. The molecule has 5 heteroatoms. The van der Waals surface area contributed by atoms with Gasteiger partial charge in [-0.25, -0.2) is 9.78 Å². The van der Waals surface area contributed by atoms with Gasteiger partial charge in [-0.3, -0.25) is 0 Å². The molecule has 13 heavy (non-hydrogen) atoms. The molecule has 0 aliphatic rings. The molecule has 0 spiro atoms. The molecule has 0 saturated carbocycles. The summed E-state index contributed by atoms with van der Waals surface area (Å²) in [5.41, 5.74) is 0. The Morgan fingerprint density at radius 3 is 3.15 bits per heavy atom. The van der Waals surface area contributed by atoms with Crippen LogP contribution in [0.15, 0.2) is 6.20 Å². The van der Waals surface area contributed by atoms with E-state index in [0.717, 1.165) is 11.3 Å². The third-order valence-corrected chi connectivity index (χ3v) is 2.45. The van der Waals surface area contributed by atoms with E-state index >= 15 is 0 Å². The van der Waals surface area contributed by atoms with Crippen LogP contribution in [0.4, 0.5) is 0 Å². The van der Waals surface area contributed by atoms with E-state index in [1.54, 1.807) is 0 Å². The molecular formula is C8H9NO3S. The molecule has 1 aromatic rings. The van der Waals surface area contributed by atoms with Crippen molar-refractivity contribution >= 4 is 23.6 Å². The minimum atomic E-state index is -0.380. The van der Waals surface area contributed by atoms with E-state index in [0.29, 0.717) is 17.7 Å². The number of methoxy groups -OCH3 is 1. The number of carbonyl (C=O) groups is 2. The second-order valence-corrected chi connectivity index (χ2v) is 3.43. The first kappa shape index (κ1) is 9.85. The van der Waals surface area contributed by atoms with Crippen LogP contribution in [-0.4, -0.2) is 24.3 Å². The van der Waals surface area contributed by atoms with E-state index < -0.39 is 0 Å². The van der Waals surface area contributed by atoms with Crippen molar-refractivity contribution in [2.24, 2.45) is 0 Å². The van der Waals surface area contributed by atoms with Crippen LogP contribution >= 0.6 is 11.3 Å². The highest BCUT2D eigenvalue weighted by molar-refractivity contribution is 7.13.